The second-order valence-electron chi connectivity index (χ2n) is 9.25. The lowest BCUT2D eigenvalue weighted by molar-refractivity contribution is -0.149. The number of nitrogens with one attached hydrogen (secondary N) is 1. The molecular weight excluding hydrogens is 470 g/mol. The molecule has 1 aliphatic rings. The Morgan fingerprint density at radius 3 is 2.58 bits per heavy atom. The molecule has 1 aliphatic heterocycles. The fraction of sp³-hybridized carbons (Fsp3) is 0.556. The van der Waals surface area contributed by atoms with Crippen molar-refractivity contribution in [2.75, 3.05) is 38.9 Å². The predicted octanol–water partition coefficient (Wildman–Crippen LogP) is 5.78. The van der Waals surface area contributed by atoms with Crippen molar-refractivity contribution in [3.8, 4) is 16.9 Å². The molecule has 36 heavy (non-hydrogen) atoms. The standard InChI is InChI=1S/C27H36F2N2O5/c1-5-36-23-16-30-15-22(24(23)25(28)29)21-7-6-20(14-19(21)17-35-11-8-18(2)3)31-27(26(32)33-4)9-12-34-13-10-27/h6-7,14-16,18,25,31H,5,8-13,17H2,1-4H3. The highest BCUT2D eigenvalue weighted by Crippen LogP contribution is 2.40. The smallest absolute Gasteiger partial charge is 0.331 e. The fourth-order valence-corrected chi connectivity index (χ4v) is 4.29. The van der Waals surface area contributed by atoms with Gasteiger partial charge in [0.2, 0.25) is 0 Å². The van der Waals surface area contributed by atoms with E-state index in [-0.39, 0.29) is 30.5 Å². The van der Waals surface area contributed by atoms with Crippen LogP contribution in [-0.2, 0) is 25.6 Å². The summed E-state index contributed by atoms with van der Waals surface area (Å²) in [6.07, 6.45) is 1.78. The second kappa shape index (κ2) is 13.0. The zero-order chi connectivity index (χ0) is 26.1. The molecule has 1 aromatic heterocycles. The molecule has 0 aliphatic carbocycles. The fourth-order valence-electron chi connectivity index (χ4n) is 4.29. The number of halogens is 2. The Bertz CT molecular complexity index is 1010. The first-order valence-corrected chi connectivity index (χ1v) is 12.4. The molecular formula is C27H36F2N2O5. The molecule has 2 aromatic rings. The average molecular weight is 507 g/mol. The molecule has 1 saturated heterocycles. The summed E-state index contributed by atoms with van der Waals surface area (Å²) in [7, 11) is 1.36. The third kappa shape index (κ3) is 6.70. The number of carbonyl (C=O) groups excluding carboxylic acids is 1. The molecule has 0 atom stereocenters. The van der Waals surface area contributed by atoms with E-state index < -0.39 is 12.0 Å². The minimum atomic E-state index is -2.75. The molecule has 1 aromatic carbocycles. The maximum Gasteiger partial charge on any atom is 0.331 e. The Kier molecular flexibility index (Phi) is 10.0. The van der Waals surface area contributed by atoms with Crippen molar-refractivity contribution in [3.63, 3.8) is 0 Å². The topological polar surface area (TPSA) is 78.9 Å². The van der Waals surface area contributed by atoms with Gasteiger partial charge in [0.25, 0.3) is 6.43 Å². The Balaban J connectivity index is 2.02. The highest BCUT2D eigenvalue weighted by molar-refractivity contribution is 5.85. The number of pyridine rings is 1. The van der Waals surface area contributed by atoms with Crippen LogP contribution in [0.2, 0.25) is 0 Å². The molecule has 0 saturated carbocycles. The van der Waals surface area contributed by atoms with E-state index in [1.165, 1.54) is 19.5 Å². The van der Waals surface area contributed by atoms with Gasteiger partial charge in [-0.05, 0) is 42.5 Å². The van der Waals surface area contributed by atoms with Crippen molar-refractivity contribution in [2.24, 2.45) is 5.92 Å². The minimum Gasteiger partial charge on any atom is -0.492 e. The lowest BCUT2D eigenvalue weighted by atomic mass is 9.89. The second-order valence-corrected chi connectivity index (χ2v) is 9.25. The van der Waals surface area contributed by atoms with Crippen LogP contribution in [0.3, 0.4) is 0 Å². The maximum atomic E-state index is 14.2. The van der Waals surface area contributed by atoms with E-state index in [9.17, 15) is 13.6 Å². The van der Waals surface area contributed by atoms with E-state index in [2.05, 4.69) is 24.1 Å². The normalized spacial score (nSPS) is 15.2. The van der Waals surface area contributed by atoms with Crippen LogP contribution in [0.4, 0.5) is 14.5 Å². The molecule has 3 rings (SSSR count). The largest absolute Gasteiger partial charge is 0.492 e. The Labute approximate surface area is 211 Å². The number of esters is 1. The van der Waals surface area contributed by atoms with Crippen molar-refractivity contribution >= 4 is 11.7 Å². The van der Waals surface area contributed by atoms with Gasteiger partial charge in [-0.2, -0.15) is 0 Å². The third-order valence-corrected chi connectivity index (χ3v) is 6.27. The van der Waals surface area contributed by atoms with Crippen molar-refractivity contribution in [2.45, 2.75) is 58.6 Å². The van der Waals surface area contributed by atoms with E-state index >= 15 is 0 Å². The highest BCUT2D eigenvalue weighted by Gasteiger charge is 2.41. The summed E-state index contributed by atoms with van der Waals surface area (Å²) in [5, 5.41) is 3.34. The van der Waals surface area contributed by atoms with Gasteiger partial charge in [0.05, 0.1) is 32.1 Å². The summed E-state index contributed by atoms with van der Waals surface area (Å²) < 4.78 is 50.3. The van der Waals surface area contributed by atoms with Gasteiger partial charge in [-0.3, -0.25) is 4.98 Å². The van der Waals surface area contributed by atoms with Crippen LogP contribution in [0.5, 0.6) is 5.75 Å². The molecule has 9 heteroatoms. The molecule has 1 fully saturated rings. The van der Waals surface area contributed by atoms with Crippen molar-refractivity contribution in [1.29, 1.82) is 0 Å². The van der Waals surface area contributed by atoms with E-state index in [1.54, 1.807) is 19.1 Å². The highest BCUT2D eigenvalue weighted by atomic mass is 19.3. The number of methoxy groups -OCH3 is 1. The first kappa shape index (κ1) is 27.8. The van der Waals surface area contributed by atoms with E-state index in [0.29, 0.717) is 61.0 Å². The van der Waals surface area contributed by atoms with Crippen LogP contribution in [0, 0.1) is 5.92 Å². The number of alkyl halides is 2. The molecule has 0 spiro atoms. The van der Waals surface area contributed by atoms with Gasteiger partial charge in [0.15, 0.2) is 0 Å². The average Bonchev–Trinajstić information content (AvgIpc) is 2.86. The van der Waals surface area contributed by atoms with Gasteiger partial charge >= 0.3 is 5.97 Å². The van der Waals surface area contributed by atoms with Gasteiger partial charge in [-0.15, -0.1) is 0 Å². The quantitative estimate of drug-likeness (QED) is 0.289. The molecule has 198 valence electrons. The Morgan fingerprint density at radius 1 is 1.19 bits per heavy atom. The lowest BCUT2D eigenvalue weighted by Crippen LogP contribution is -2.51. The van der Waals surface area contributed by atoms with Gasteiger partial charge in [-0.1, -0.05) is 19.9 Å². The number of hydrogen-bond donors (Lipinski definition) is 1. The van der Waals surface area contributed by atoms with Crippen LogP contribution in [-0.4, -0.2) is 50.0 Å². The number of ether oxygens (including phenoxy) is 4. The summed E-state index contributed by atoms with van der Waals surface area (Å²) in [6, 6.07) is 5.37. The summed E-state index contributed by atoms with van der Waals surface area (Å²) >= 11 is 0. The summed E-state index contributed by atoms with van der Waals surface area (Å²) in [5.41, 5.74) is 1.11. The lowest BCUT2D eigenvalue weighted by Gasteiger charge is -2.36. The number of aromatic nitrogens is 1. The monoisotopic (exact) mass is 506 g/mol. The number of anilines is 1. The van der Waals surface area contributed by atoms with Gasteiger partial charge < -0.3 is 24.3 Å². The SMILES string of the molecule is CCOc1cncc(-c2ccc(NC3(C(=O)OC)CCOCC3)cc2COCCC(C)C)c1C(F)F. The van der Waals surface area contributed by atoms with Crippen molar-refractivity contribution in [3.05, 3.63) is 41.7 Å². The third-order valence-electron chi connectivity index (χ3n) is 6.27. The molecule has 0 amide bonds. The summed E-state index contributed by atoms with van der Waals surface area (Å²) in [4.78, 5) is 16.8. The number of nitrogens with zero attached hydrogens (tertiary/aromatic N) is 1. The molecule has 0 radical (unpaired) electrons. The van der Waals surface area contributed by atoms with Gasteiger partial charge in [-0.25, -0.2) is 13.6 Å². The summed E-state index contributed by atoms with van der Waals surface area (Å²) in [5.74, 6) is 0.173. The van der Waals surface area contributed by atoms with Crippen molar-refractivity contribution < 1.29 is 32.5 Å². The minimum absolute atomic E-state index is 0.0609. The number of benzene rings is 1. The molecule has 7 nitrogen and oxygen atoms in total. The number of hydrogen-bond acceptors (Lipinski definition) is 7. The van der Waals surface area contributed by atoms with E-state index in [1.807, 2.05) is 6.07 Å². The van der Waals surface area contributed by atoms with Crippen LogP contribution in [0.15, 0.2) is 30.6 Å². The predicted molar refractivity (Wildman–Crippen MR) is 133 cm³/mol. The van der Waals surface area contributed by atoms with E-state index in [0.717, 1.165) is 6.42 Å². The molecule has 1 N–H and O–H groups in total. The summed E-state index contributed by atoms with van der Waals surface area (Å²) in [6.45, 7) is 7.82. The molecule has 2 heterocycles. The number of rotatable bonds is 12. The van der Waals surface area contributed by atoms with Crippen LogP contribution < -0.4 is 10.1 Å². The first-order chi connectivity index (χ1) is 17.3. The number of carbonyl (C=O) groups is 1. The van der Waals surface area contributed by atoms with Crippen LogP contribution in [0.25, 0.3) is 11.1 Å². The Hall–Kier alpha value is -2.78. The maximum absolute atomic E-state index is 14.2. The zero-order valence-corrected chi connectivity index (χ0v) is 21.4. The van der Waals surface area contributed by atoms with E-state index in [4.69, 9.17) is 18.9 Å². The van der Waals surface area contributed by atoms with Crippen LogP contribution >= 0.6 is 0 Å². The van der Waals surface area contributed by atoms with Crippen molar-refractivity contribution in [1.82, 2.24) is 4.98 Å². The van der Waals surface area contributed by atoms with Gasteiger partial charge in [0.1, 0.15) is 11.3 Å². The molecule has 0 unspecified atom stereocenters. The Morgan fingerprint density at radius 2 is 1.94 bits per heavy atom. The first-order valence-electron chi connectivity index (χ1n) is 12.4. The van der Waals surface area contributed by atoms with Gasteiger partial charge in [0, 0.05) is 50.1 Å². The molecule has 0 bridgehead atoms. The zero-order valence-electron chi connectivity index (χ0n) is 21.4. The van der Waals surface area contributed by atoms with Crippen LogP contribution in [0.1, 0.15) is 57.6 Å².